The van der Waals surface area contributed by atoms with Crippen molar-refractivity contribution in [2.45, 2.75) is 39.4 Å². The SMILES string of the molecule is CC(C)(C)C1(O)CCc2ccccc2O1. The van der Waals surface area contributed by atoms with Crippen LogP contribution in [-0.4, -0.2) is 10.9 Å². The maximum absolute atomic E-state index is 10.4. The van der Waals surface area contributed by atoms with Crippen molar-refractivity contribution >= 4 is 0 Å². The summed E-state index contributed by atoms with van der Waals surface area (Å²) in [5.74, 6) is -0.220. The topological polar surface area (TPSA) is 29.5 Å². The summed E-state index contributed by atoms with van der Waals surface area (Å²) < 4.78 is 5.74. The van der Waals surface area contributed by atoms with Gasteiger partial charge in [0.05, 0.1) is 0 Å². The van der Waals surface area contributed by atoms with Crippen LogP contribution in [0.1, 0.15) is 32.8 Å². The van der Waals surface area contributed by atoms with E-state index in [0.717, 1.165) is 12.2 Å². The first-order valence-corrected chi connectivity index (χ1v) is 5.42. The predicted octanol–water partition coefficient (Wildman–Crippen LogP) is 2.75. The van der Waals surface area contributed by atoms with Gasteiger partial charge in [-0.2, -0.15) is 0 Å². The number of rotatable bonds is 0. The van der Waals surface area contributed by atoms with Crippen LogP contribution in [0.2, 0.25) is 0 Å². The molecule has 0 fully saturated rings. The zero-order valence-corrected chi connectivity index (χ0v) is 9.58. The van der Waals surface area contributed by atoms with Crippen molar-refractivity contribution in [3.05, 3.63) is 29.8 Å². The maximum atomic E-state index is 10.4. The van der Waals surface area contributed by atoms with E-state index in [9.17, 15) is 5.11 Å². The van der Waals surface area contributed by atoms with Crippen molar-refractivity contribution in [3.63, 3.8) is 0 Å². The summed E-state index contributed by atoms with van der Waals surface area (Å²) >= 11 is 0. The predicted molar refractivity (Wildman–Crippen MR) is 59.8 cm³/mol. The highest BCUT2D eigenvalue weighted by molar-refractivity contribution is 5.35. The third kappa shape index (κ3) is 1.74. The Morgan fingerprint density at radius 1 is 1.27 bits per heavy atom. The second kappa shape index (κ2) is 3.24. The van der Waals surface area contributed by atoms with Crippen molar-refractivity contribution in [3.8, 4) is 5.75 Å². The van der Waals surface area contributed by atoms with E-state index in [-0.39, 0.29) is 5.41 Å². The first-order valence-electron chi connectivity index (χ1n) is 5.42. The summed E-state index contributed by atoms with van der Waals surface area (Å²) in [5, 5.41) is 10.4. The van der Waals surface area contributed by atoms with Crippen molar-refractivity contribution < 1.29 is 9.84 Å². The fourth-order valence-electron chi connectivity index (χ4n) is 1.88. The normalized spacial score (nSPS) is 25.6. The number of aryl methyl sites for hydroxylation is 1. The number of ether oxygens (including phenoxy) is 1. The maximum Gasteiger partial charge on any atom is 0.213 e. The third-order valence-electron chi connectivity index (χ3n) is 3.16. The number of benzene rings is 1. The van der Waals surface area contributed by atoms with E-state index in [2.05, 4.69) is 6.07 Å². The second-order valence-electron chi connectivity index (χ2n) is 5.24. The van der Waals surface area contributed by atoms with Crippen LogP contribution in [0.4, 0.5) is 0 Å². The molecular weight excluding hydrogens is 188 g/mol. The molecule has 82 valence electrons. The lowest BCUT2D eigenvalue weighted by molar-refractivity contribution is -0.216. The Morgan fingerprint density at radius 2 is 1.93 bits per heavy atom. The molecule has 15 heavy (non-hydrogen) atoms. The van der Waals surface area contributed by atoms with Crippen LogP contribution in [0.15, 0.2) is 24.3 Å². The number of para-hydroxylation sites is 1. The van der Waals surface area contributed by atoms with Crippen LogP contribution in [0.25, 0.3) is 0 Å². The first-order chi connectivity index (χ1) is 6.92. The first kappa shape index (κ1) is 10.5. The molecule has 2 rings (SSSR count). The van der Waals surface area contributed by atoms with Gasteiger partial charge < -0.3 is 9.84 Å². The molecule has 0 saturated carbocycles. The second-order valence-corrected chi connectivity index (χ2v) is 5.24. The molecule has 0 radical (unpaired) electrons. The van der Waals surface area contributed by atoms with Crippen molar-refractivity contribution in [1.29, 1.82) is 0 Å². The summed E-state index contributed by atoms with van der Waals surface area (Å²) in [5.41, 5.74) is 0.923. The van der Waals surface area contributed by atoms with E-state index < -0.39 is 5.79 Å². The lowest BCUT2D eigenvalue weighted by Gasteiger charge is -2.43. The zero-order chi connectivity index (χ0) is 11.1. The number of hydrogen-bond acceptors (Lipinski definition) is 2. The van der Waals surface area contributed by atoms with Gasteiger partial charge in [-0.3, -0.25) is 0 Å². The van der Waals surface area contributed by atoms with E-state index in [1.165, 1.54) is 5.56 Å². The molecular formula is C13H18O2. The van der Waals surface area contributed by atoms with Gasteiger partial charge in [-0.15, -0.1) is 0 Å². The van der Waals surface area contributed by atoms with E-state index in [0.29, 0.717) is 6.42 Å². The van der Waals surface area contributed by atoms with Gasteiger partial charge in [0, 0.05) is 11.8 Å². The molecule has 1 N–H and O–H groups in total. The molecule has 1 aromatic carbocycles. The van der Waals surface area contributed by atoms with E-state index >= 15 is 0 Å². The number of fused-ring (bicyclic) bond motifs is 1. The van der Waals surface area contributed by atoms with Crippen LogP contribution in [0.5, 0.6) is 5.75 Å². The monoisotopic (exact) mass is 206 g/mol. The lowest BCUT2D eigenvalue weighted by Crippen LogP contribution is -2.50. The average molecular weight is 206 g/mol. The van der Waals surface area contributed by atoms with Crippen LogP contribution < -0.4 is 4.74 Å². The van der Waals surface area contributed by atoms with Gasteiger partial charge in [-0.1, -0.05) is 39.0 Å². The van der Waals surface area contributed by atoms with Crippen LogP contribution in [0, 0.1) is 5.41 Å². The molecule has 0 aliphatic carbocycles. The molecule has 2 nitrogen and oxygen atoms in total. The summed E-state index contributed by atoms with van der Waals surface area (Å²) in [4.78, 5) is 0. The Labute approximate surface area is 90.9 Å². The summed E-state index contributed by atoms with van der Waals surface area (Å²) in [6, 6.07) is 7.92. The van der Waals surface area contributed by atoms with Crippen LogP contribution in [0.3, 0.4) is 0 Å². The minimum absolute atomic E-state index is 0.263. The average Bonchev–Trinajstić information content (AvgIpc) is 2.16. The van der Waals surface area contributed by atoms with E-state index in [1.807, 2.05) is 39.0 Å². The minimum atomic E-state index is -1.04. The number of aliphatic hydroxyl groups is 1. The molecule has 0 spiro atoms. The quantitative estimate of drug-likeness (QED) is 0.707. The molecule has 0 bridgehead atoms. The van der Waals surface area contributed by atoms with E-state index in [4.69, 9.17) is 4.74 Å². The molecule has 1 aliphatic rings. The summed E-state index contributed by atoms with van der Waals surface area (Å²) in [6.07, 6.45) is 1.54. The molecule has 1 aliphatic heterocycles. The van der Waals surface area contributed by atoms with Gasteiger partial charge in [-0.25, -0.2) is 0 Å². The highest BCUT2D eigenvalue weighted by Crippen LogP contribution is 2.41. The van der Waals surface area contributed by atoms with Crippen LogP contribution >= 0.6 is 0 Å². The Balaban J connectivity index is 2.33. The minimum Gasteiger partial charge on any atom is -0.462 e. The smallest absolute Gasteiger partial charge is 0.213 e. The Morgan fingerprint density at radius 3 is 2.60 bits per heavy atom. The van der Waals surface area contributed by atoms with Crippen molar-refractivity contribution in [2.24, 2.45) is 5.41 Å². The Bertz CT molecular complexity index is 365. The van der Waals surface area contributed by atoms with Gasteiger partial charge in [-0.05, 0) is 18.1 Å². The molecule has 0 aromatic heterocycles. The molecule has 1 unspecified atom stereocenters. The molecule has 1 atom stereocenters. The molecule has 1 heterocycles. The van der Waals surface area contributed by atoms with Crippen molar-refractivity contribution in [1.82, 2.24) is 0 Å². The number of hydrogen-bond donors (Lipinski definition) is 1. The summed E-state index contributed by atoms with van der Waals surface area (Å²) in [7, 11) is 0. The Kier molecular flexibility index (Phi) is 2.27. The largest absolute Gasteiger partial charge is 0.462 e. The molecule has 2 heteroatoms. The fourth-order valence-corrected chi connectivity index (χ4v) is 1.88. The fraction of sp³-hybridized carbons (Fsp3) is 0.538. The molecule has 0 saturated heterocycles. The van der Waals surface area contributed by atoms with Crippen LogP contribution in [-0.2, 0) is 6.42 Å². The van der Waals surface area contributed by atoms with E-state index in [1.54, 1.807) is 0 Å². The van der Waals surface area contributed by atoms with Gasteiger partial charge in [0.25, 0.3) is 0 Å². The molecule has 1 aromatic rings. The third-order valence-corrected chi connectivity index (χ3v) is 3.16. The molecule has 0 amide bonds. The highest BCUT2D eigenvalue weighted by atomic mass is 16.6. The highest BCUT2D eigenvalue weighted by Gasteiger charge is 2.44. The Hall–Kier alpha value is -1.02. The van der Waals surface area contributed by atoms with Gasteiger partial charge >= 0.3 is 0 Å². The lowest BCUT2D eigenvalue weighted by atomic mass is 9.80. The standard InChI is InChI=1S/C13H18O2/c1-12(2,3)13(14)9-8-10-6-4-5-7-11(10)15-13/h4-7,14H,8-9H2,1-3H3. The van der Waals surface area contributed by atoms with Gasteiger partial charge in [0.15, 0.2) is 0 Å². The van der Waals surface area contributed by atoms with Crippen molar-refractivity contribution in [2.75, 3.05) is 0 Å². The summed E-state index contributed by atoms with van der Waals surface area (Å²) in [6.45, 7) is 6.00. The zero-order valence-electron chi connectivity index (χ0n) is 9.58. The van der Waals surface area contributed by atoms with Gasteiger partial charge in [0.2, 0.25) is 5.79 Å². The van der Waals surface area contributed by atoms with Gasteiger partial charge in [0.1, 0.15) is 5.75 Å².